The Morgan fingerprint density at radius 1 is 1.56 bits per heavy atom. The summed E-state index contributed by atoms with van der Waals surface area (Å²) in [5, 5.41) is 8.89. The van der Waals surface area contributed by atoms with Crippen LogP contribution in [0.3, 0.4) is 0 Å². The standard InChI is InChI=1S/C10H13NO3S2/c1-3-7-11(4-2)16(13,14)10-6-5-9(8-12)15-10/h1,5-6,12H,4,7-8H2,2H3. The largest absolute Gasteiger partial charge is 0.391 e. The van der Waals surface area contributed by atoms with Crippen molar-refractivity contribution in [2.75, 3.05) is 13.1 Å². The van der Waals surface area contributed by atoms with Gasteiger partial charge in [0.25, 0.3) is 10.0 Å². The van der Waals surface area contributed by atoms with E-state index in [0.29, 0.717) is 11.4 Å². The molecule has 0 spiro atoms. The molecule has 0 saturated carbocycles. The fourth-order valence-electron chi connectivity index (χ4n) is 1.18. The summed E-state index contributed by atoms with van der Waals surface area (Å²) in [7, 11) is -3.50. The number of hydrogen-bond donors (Lipinski definition) is 1. The van der Waals surface area contributed by atoms with Crippen molar-refractivity contribution >= 4 is 21.4 Å². The Balaban J connectivity index is 3.05. The number of aliphatic hydroxyl groups excluding tert-OH is 1. The highest BCUT2D eigenvalue weighted by atomic mass is 32.2. The van der Waals surface area contributed by atoms with Crippen LogP contribution < -0.4 is 0 Å². The minimum absolute atomic E-state index is 0.0607. The molecular weight excluding hydrogens is 246 g/mol. The molecule has 0 aliphatic rings. The summed E-state index contributed by atoms with van der Waals surface area (Å²) in [6, 6.07) is 3.09. The lowest BCUT2D eigenvalue weighted by Gasteiger charge is -2.16. The predicted octanol–water partition coefficient (Wildman–Crippen LogP) is 0.884. The van der Waals surface area contributed by atoms with E-state index in [9.17, 15) is 8.42 Å². The number of nitrogens with zero attached hydrogens (tertiary/aromatic N) is 1. The lowest BCUT2D eigenvalue weighted by atomic mass is 10.5. The van der Waals surface area contributed by atoms with Gasteiger partial charge in [-0.3, -0.25) is 0 Å². The molecule has 0 radical (unpaired) electrons. The van der Waals surface area contributed by atoms with Crippen LogP contribution in [0.25, 0.3) is 0 Å². The number of thiophene rings is 1. The van der Waals surface area contributed by atoms with Gasteiger partial charge in [0, 0.05) is 11.4 Å². The van der Waals surface area contributed by atoms with E-state index >= 15 is 0 Å². The van der Waals surface area contributed by atoms with Crippen molar-refractivity contribution in [1.82, 2.24) is 4.31 Å². The topological polar surface area (TPSA) is 57.6 Å². The van der Waals surface area contributed by atoms with E-state index < -0.39 is 10.0 Å². The van der Waals surface area contributed by atoms with E-state index in [0.717, 1.165) is 11.3 Å². The molecule has 4 nitrogen and oxygen atoms in total. The Hall–Kier alpha value is -0.870. The Morgan fingerprint density at radius 2 is 2.25 bits per heavy atom. The van der Waals surface area contributed by atoms with Crippen LogP contribution in [0.15, 0.2) is 16.3 Å². The highest BCUT2D eigenvalue weighted by Crippen LogP contribution is 2.24. The molecule has 0 fully saturated rings. The molecule has 0 aliphatic carbocycles. The molecule has 1 N–H and O–H groups in total. The first-order chi connectivity index (χ1) is 7.56. The van der Waals surface area contributed by atoms with E-state index in [2.05, 4.69) is 5.92 Å². The molecule has 88 valence electrons. The zero-order chi connectivity index (χ0) is 12.2. The van der Waals surface area contributed by atoms with Crippen LogP contribution in [0, 0.1) is 12.3 Å². The van der Waals surface area contributed by atoms with Crippen LogP contribution in [0.2, 0.25) is 0 Å². The monoisotopic (exact) mass is 259 g/mol. The quantitative estimate of drug-likeness (QED) is 0.799. The summed E-state index contributed by atoms with van der Waals surface area (Å²) in [6.45, 7) is 1.97. The molecule has 0 unspecified atom stereocenters. The molecule has 0 saturated heterocycles. The number of terminal acetylenes is 1. The molecule has 0 aromatic carbocycles. The van der Waals surface area contributed by atoms with E-state index in [1.165, 1.54) is 10.4 Å². The van der Waals surface area contributed by atoms with Crippen molar-refractivity contribution in [2.24, 2.45) is 0 Å². The van der Waals surface area contributed by atoms with Crippen molar-refractivity contribution in [3.63, 3.8) is 0 Å². The van der Waals surface area contributed by atoms with Crippen LogP contribution >= 0.6 is 11.3 Å². The van der Waals surface area contributed by atoms with E-state index in [1.807, 2.05) is 0 Å². The average Bonchev–Trinajstić information content (AvgIpc) is 2.74. The molecule has 16 heavy (non-hydrogen) atoms. The van der Waals surface area contributed by atoms with E-state index in [1.54, 1.807) is 13.0 Å². The molecule has 0 aliphatic heterocycles. The summed E-state index contributed by atoms with van der Waals surface area (Å²) in [6.07, 6.45) is 5.12. The lowest BCUT2D eigenvalue weighted by Crippen LogP contribution is -2.30. The van der Waals surface area contributed by atoms with Gasteiger partial charge in [-0.25, -0.2) is 8.42 Å². The first-order valence-electron chi connectivity index (χ1n) is 4.69. The molecule has 6 heteroatoms. The maximum Gasteiger partial charge on any atom is 0.253 e. The van der Waals surface area contributed by atoms with Gasteiger partial charge in [-0.15, -0.1) is 17.8 Å². The minimum atomic E-state index is -3.50. The first-order valence-corrected chi connectivity index (χ1v) is 6.95. The minimum Gasteiger partial charge on any atom is -0.391 e. The second-order valence-electron chi connectivity index (χ2n) is 3.01. The van der Waals surface area contributed by atoms with Gasteiger partial charge in [0.1, 0.15) is 4.21 Å². The third-order valence-electron chi connectivity index (χ3n) is 2.01. The third-order valence-corrected chi connectivity index (χ3v) is 5.47. The van der Waals surface area contributed by atoms with Gasteiger partial charge in [0.05, 0.1) is 13.2 Å². The number of hydrogen-bond acceptors (Lipinski definition) is 4. The molecule has 1 rings (SSSR count). The van der Waals surface area contributed by atoms with Crippen LogP contribution in [0.1, 0.15) is 11.8 Å². The Kier molecular flexibility index (Phi) is 4.50. The number of aliphatic hydroxyl groups is 1. The van der Waals surface area contributed by atoms with Crippen LogP contribution in [0.5, 0.6) is 0 Å². The fraction of sp³-hybridized carbons (Fsp3) is 0.400. The molecule has 1 heterocycles. The maximum absolute atomic E-state index is 12.0. The number of rotatable bonds is 5. The summed E-state index contributed by atoms with van der Waals surface area (Å²) in [4.78, 5) is 0.621. The summed E-state index contributed by atoms with van der Waals surface area (Å²) < 4.78 is 25.5. The SMILES string of the molecule is C#CCN(CC)S(=O)(=O)c1ccc(CO)s1. The third kappa shape index (κ3) is 2.62. The van der Waals surface area contributed by atoms with E-state index in [-0.39, 0.29) is 17.4 Å². The summed E-state index contributed by atoms with van der Waals surface area (Å²) in [5.41, 5.74) is 0. The smallest absolute Gasteiger partial charge is 0.253 e. The Labute approximate surface area is 99.6 Å². The average molecular weight is 259 g/mol. The maximum atomic E-state index is 12.0. The lowest BCUT2D eigenvalue weighted by molar-refractivity contribution is 0.285. The molecule has 1 aromatic rings. The van der Waals surface area contributed by atoms with Gasteiger partial charge in [0.2, 0.25) is 0 Å². The first kappa shape index (κ1) is 13.2. The van der Waals surface area contributed by atoms with Crippen LogP contribution in [-0.4, -0.2) is 30.9 Å². The highest BCUT2D eigenvalue weighted by molar-refractivity contribution is 7.91. The number of sulfonamides is 1. The highest BCUT2D eigenvalue weighted by Gasteiger charge is 2.23. The van der Waals surface area contributed by atoms with Gasteiger partial charge in [-0.1, -0.05) is 12.8 Å². The molecular formula is C10H13NO3S2. The van der Waals surface area contributed by atoms with E-state index in [4.69, 9.17) is 11.5 Å². The second kappa shape index (κ2) is 5.46. The van der Waals surface area contributed by atoms with Gasteiger partial charge in [-0.2, -0.15) is 4.31 Å². The second-order valence-corrected chi connectivity index (χ2v) is 6.35. The Morgan fingerprint density at radius 3 is 2.69 bits per heavy atom. The molecule has 0 amide bonds. The summed E-state index contributed by atoms with van der Waals surface area (Å²) >= 11 is 1.06. The van der Waals surface area contributed by atoms with Crippen molar-refractivity contribution in [3.05, 3.63) is 17.0 Å². The summed E-state index contributed by atoms with van der Waals surface area (Å²) in [5.74, 6) is 2.32. The Bertz CT molecular complexity index is 484. The predicted molar refractivity (Wildman–Crippen MR) is 63.5 cm³/mol. The van der Waals surface area contributed by atoms with Crippen molar-refractivity contribution in [1.29, 1.82) is 0 Å². The van der Waals surface area contributed by atoms with Crippen molar-refractivity contribution in [3.8, 4) is 12.3 Å². The fourth-order valence-corrected chi connectivity index (χ4v) is 3.91. The molecule has 1 aromatic heterocycles. The van der Waals surface area contributed by atoms with Gasteiger partial charge < -0.3 is 5.11 Å². The van der Waals surface area contributed by atoms with Crippen LogP contribution in [-0.2, 0) is 16.6 Å². The van der Waals surface area contributed by atoms with Gasteiger partial charge >= 0.3 is 0 Å². The van der Waals surface area contributed by atoms with Crippen molar-refractivity contribution in [2.45, 2.75) is 17.7 Å². The molecule has 0 bridgehead atoms. The van der Waals surface area contributed by atoms with Gasteiger partial charge in [0.15, 0.2) is 0 Å². The zero-order valence-electron chi connectivity index (χ0n) is 8.88. The van der Waals surface area contributed by atoms with Gasteiger partial charge in [-0.05, 0) is 12.1 Å². The molecule has 0 atom stereocenters. The normalized spacial score (nSPS) is 11.6. The van der Waals surface area contributed by atoms with Crippen LogP contribution in [0.4, 0.5) is 0 Å². The van der Waals surface area contributed by atoms with Crippen molar-refractivity contribution < 1.29 is 13.5 Å². The zero-order valence-corrected chi connectivity index (χ0v) is 10.5.